The maximum Gasteiger partial charge on any atom is 0.294 e. The maximum absolute atomic E-state index is 11.7. The number of carbonyl (C=O) groups is 1. The van der Waals surface area contributed by atoms with Gasteiger partial charge in [0.05, 0.1) is 11.5 Å². The predicted octanol–water partition coefficient (Wildman–Crippen LogP) is -0.0739. The Kier molecular flexibility index (Phi) is 3.93. The topological polar surface area (TPSA) is 115 Å². The normalized spacial score (nSPS) is 10.4. The second kappa shape index (κ2) is 5.63. The number of nitrogens with one attached hydrogen (secondary N) is 2. The zero-order chi connectivity index (χ0) is 13.8. The van der Waals surface area contributed by atoms with Gasteiger partial charge in [-0.15, -0.1) is 11.3 Å². The van der Waals surface area contributed by atoms with Crippen LogP contribution in [0.5, 0.6) is 5.75 Å². The summed E-state index contributed by atoms with van der Waals surface area (Å²) < 4.78 is 0. The molecule has 2 aromatic rings. The summed E-state index contributed by atoms with van der Waals surface area (Å²) >= 11 is 1.34. The van der Waals surface area contributed by atoms with E-state index in [1.165, 1.54) is 11.3 Å². The molecule has 0 aromatic carbocycles. The number of hydrogen-bond acceptors (Lipinski definition) is 6. The molecule has 0 aliphatic rings. The number of aromatic hydroxyl groups is 1. The SMILES string of the molecule is O=C(NCCO)c1nc(-c2cccs2)[nH]c(=O)c1O. The number of amides is 1. The smallest absolute Gasteiger partial charge is 0.294 e. The second-order valence-corrected chi connectivity index (χ2v) is 4.52. The molecule has 0 aliphatic heterocycles. The van der Waals surface area contributed by atoms with E-state index in [1.54, 1.807) is 17.5 Å². The number of rotatable bonds is 4. The summed E-state index contributed by atoms with van der Waals surface area (Å²) in [5.74, 6) is -1.24. The molecule has 0 fully saturated rings. The Morgan fingerprint density at radius 2 is 2.32 bits per heavy atom. The van der Waals surface area contributed by atoms with Gasteiger partial charge in [-0.05, 0) is 11.4 Å². The Morgan fingerprint density at radius 1 is 1.53 bits per heavy atom. The molecule has 0 atom stereocenters. The highest BCUT2D eigenvalue weighted by molar-refractivity contribution is 7.13. The molecule has 0 spiro atoms. The first kappa shape index (κ1) is 13.2. The lowest BCUT2D eigenvalue weighted by Gasteiger charge is -2.05. The molecule has 0 saturated carbocycles. The van der Waals surface area contributed by atoms with Crippen molar-refractivity contribution in [2.75, 3.05) is 13.2 Å². The molecule has 100 valence electrons. The van der Waals surface area contributed by atoms with Crippen molar-refractivity contribution in [3.63, 3.8) is 0 Å². The fourth-order valence-electron chi connectivity index (χ4n) is 1.41. The van der Waals surface area contributed by atoms with Crippen LogP contribution in [0, 0.1) is 0 Å². The highest BCUT2D eigenvalue weighted by Gasteiger charge is 2.18. The average molecular weight is 281 g/mol. The van der Waals surface area contributed by atoms with Crippen LogP contribution in [-0.4, -0.2) is 39.2 Å². The number of aliphatic hydroxyl groups excluding tert-OH is 1. The van der Waals surface area contributed by atoms with Gasteiger partial charge in [0.25, 0.3) is 11.5 Å². The molecule has 0 unspecified atom stereocenters. The van der Waals surface area contributed by atoms with Gasteiger partial charge in [0.15, 0.2) is 11.5 Å². The van der Waals surface area contributed by atoms with Crippen molar-refractivity contribution in [2.24, 2.45) is 0 Å². The quantitative estimate of drug-likeness (QED) is 0.626. The van der Waals surface area contributed by atoms with Crippen LogP contribution < -0.4 is 10.9 Å². The zero-order valence-electron chi connectivity index (χ0n) is 9.71. The lowest BCUT2D eigenvalue weighted by atomic mass is 10.3. The van der Waals surface area contributed by atoms with E-state index in [1.807, 2.05) is 0 Å². The van der Waals surface area contributed by atoms with Crippen LogP contribution in [0.15, 0.2) is 22.3 Å². The first-order chi connectivity index (χ1) is 9.13. The van der Waals surface area contributed by atoms with E-state index in [4.69, 9.17) is 5.11 Å². The van der Waals surface area contributed by atoms with E-state index in [-0.39, 0.29) is 24.7 Å². The van der Waals surface area contributed by atoms with E-state index >= 15 is 0 Å². The van der Waals surface area contributed by atoms with Crippen molar-refractivity contribution in [1.82, 2.24) is 15.3 Å². The molecule has 2 rings (SSSR count). The summed E-state index contributed by atoms with van der Waals surface area (Å²) in [5.41, 5.74) is -1.15. The zero-order valence-corrected chi connectivity index (χ0v) is 10.5. The number of hydrogen-bond donors (Lipinski definition) is 4. The highest BCUT2D eigenvalue weighted by Crippen LogP contribution is 2.21. The standard InChI is InChI=1S/C11H11N3O4S/c15-4-3-12-10(17)7-8(16)11(18)14-9(13-7)6-2-1-5-19-6/h1-2,5,15-16H,3-4H2,(H,12,17)(H,13,14,18). The molecule has 19 heavy (non-hydrogen) atoms. The predicted molar refractivity (Wildman–Crippen MR) is 69.3 cm³/mol. The number of aromatic nitrogens is 2. The van der Waals surface area contributed by atoms with Gasteiger partial charge in [-0.1, -0.05) is 6.07 Å². The van der Waals surface area contributed by atoms with Crippen molar-refractivity contribution in [3.8, 4) is 16.5 Å². The van der Waals surface area contributed by atoms with Gasteiger partial charge in [0, 0.05) is 6.54 Å². The van der Waals surface area contributed by atoms with E-state index in [0.29, 0.717) is 4.88 Å². The lowest BCUT2D eigenvalue weighted by molar-refractivity contribution is 0.0936. The van der Waals surface area contributed by atoms with Gasteiger partial charge < -0.3 is 20.5 Å². The van der Waals surface area contributed by atoms with Crippen LogP contribution in [-0.2, 0) is 0 Å². The van der Waals surface area contributed by atoms with Gasteiger partial charge >= 0.3 is 0 Å². The summed E-state index contributed by atoms with van der Waals surface area (Å²) in [5, 5.41) is 22.3. The monoisotopic (exact) mass is 281 g/mol. The fraction of sp³-hybridized carbons (Fsp3) is 0.182. The number of nitrogens with zero attached hydrogens (tertiary/aromatic N) is 1. The molecular formula is C11H11N3O4S. The molecule has 2 aromatic heterocycles. The molecule has 0 bridgehead atoms. The van der Waals surface area contributed by atoms with Crippen LogP contribution in [0.4, 0.5) is 0 Å². The van der Waals surface area contributed by atoms with Gasteiger partial charge in [-0.2, -0.15) is 0 Å². The van der Waals surface area contributed by atoms with Crippen LogP contribution in [0.2, 0.25) is 0 Å². The van der Waals surface area contributed by atoms with Crippen molar-refractivity contribution in [2.45, 2.75) is 0 Å². The van der Waals surface area contributed by atoms with Crippen molar-refractivity contribution in [3.05, 3.63) is 33.6 Å². The summed E-state index contributed by atoms with van der Waals surface area (Å²) in [6, 6.07) is 3.51. The highest BCUT2D eigenvalue weighted by atomic mass is 32.1. The van der Waals surface area contributed by atoms with E-state index < -0.39 is 17.2 Å². The summed E-state index contributed by atoms with van der Waals surface area (Å²) in [6.45, 7) is -0.228. The van der Waals surface area contributed by atoms with E-state index in [0.717, 1.165) is 0 Å². The Balaban J connectivity index is 2.43. The van der Waals surface area contributed by atoms with Crippen molar-refractivity contribution >= 4 is 17.2 Å². The number of aromatic amines is 1. The third kappa shape index (κ3) is 2.80. The molecule has 2 heterocycles. The van der Waals surface area contributed by atoms with E-state index in [9.17, 15) is 14.7 Å². The van der Waals surface area contributed by atoms with Crippen molar-refractivity contribution in [1.29, 1.82) is 0 Å². The third-order valence-electron chi connectivity index (χ3n) is 2.26. The Hall–Kier alpha value is -2.19. The second-order valence-electron chi connectivity index (χ2n) is 3.57. The van der Waals surface area contributed by atoms with Crippen LogP contribution in [0.1, 0.15) is 10.5 Å². The molecule has 0 aliphatic carbocycles. The number of thiophene rings is 1. The molecule has 1 amide bonds. The first-order valence-corrected chi connectivity index (χ1v) is 6.27. The van der Waals surface area contributed by atoms with Gasteiger partial charge in [0.1, 0.15) is 0 Å². The van der Waals surface area contributed by atoms with Crippen LogP contribution in [0.25, 0.3) is 10.7 Å². The van der Waals surface area contributed by atoms with Gasteiger partial charge in [-0.25, -0.2) is 4.98 Å². The molecule has 0 radical (unpaired) electrons. The molecule has 8 heteroatoms. The summed E-state index contributed by atoms with van der Waals surface area (Å²) in [4.78, 5) is 30.3. The lowest BCUT2D eigenvalue weighted by Crippen LogP contribution is -2.29. The Bertz CT molecular complexity index is 636. The minimum Gasteiger partial charge on any atom is -0.501 e. The fourth-order valence-corrected chi connectivity index (χ4v) is 2.08. The minimum absolute atomic E-state index is 0.0150. The summed E-state index contributed by atoms with van der Waals surface area (Å²) in [7, 11) is 0. The molecule has 4 N–H and O–H groups in total. The third-order valence-corrected chi connectivity index (χ3v) is 3.14. The summed E-state index contributed by atoms with van der Waals surface area (Å²) in [6.07, 6.45) is 0. The molecular weight excluding hydrogens is 270 g/mol. The Labute approximate surface area is 111 Å². The first-order valence-electron chi connectivity index (χ1n) is 5.39. The number of carbonyl (C=O) groups excluding carboxylic acids is 1. The van der Waals surface area contributed by atoms with Crippen LogP contribution >= 0.6 is 11.3 Å². The van der Waals surface area contributed by atoms with Crippen LogP contribution in [0.3, 0.4) is 0 Å². The van der Waals surface area contributed by atoms with Gasteiger partial charge in [-0.3, -0.25) is 9.59 Å². The largest absolute Gasteiger partial charge is 0.501 e. The average Bonchev–Trinajstić information content (AvgIpc) is 2.93. The van der Waals surface area contributed by atoms with Crippen molar-refractivity contribution < 1.29 is 15.0 Å². The number of H-pyrrole nitrogens is 1. The minimum atomic E-state index is -0.785. The maximum atomic E-state index is 11.7. The van der Waals surface area contributed by atoms with Gasteiger partial charge in [0.2, 0.25) is 5.75 Å². The molecule has 0 saturated heterocycles. The Morgan fingerprint density at radius 3 is 2.95 bits per heavy atom. The molecule has 7 nitrogen and oxygen atoms in total. The number of aliphatic hydroxyl groups is 1. The van der Waals surface area contributed by atoms with E-state index in [2.05, 4.69) is 15.3 Å².